The van der Waals surface area contributed by atoms with Crippen LogP contribution in [0.3, 0.4) is 0 Å². The Kier molecular flexibility index (Phi) is 6.20. The summed E-state index contributed by atoms with van der Waals surface area (Å²) in [7, 11) is 4.20. The second-order valence-corrected chi connectivity index (χ2v) is 4.90. The Bertz CT molecular complexity index is 787. The average molecular weight is 351 g/mol. The van der Waals surface area contributed by atoms with E-state index in [1.54, 1.807) is 0 Å². The minimum atomic E-state index is -0.627. The summed E-state index contributed by atoms with van der Waals surface area (Å²) in [4.78, 5) is 24.5. The number of amides is 1. The van der Waals surface area contributed by atoms with Gasteiger partial charge in [0, 0.05) is 14.2 Å². The number of carbonyl (C=O) groups is 1. The molecule has 0 unspecified atom stereocenters. The molecule has 0 saturated heterocycles. The Balaban J connectivity index is 2.36. The molecule has 0 aliphatic carbocycles. The minimum Gasteiger partial charge on any atom is -0.494 e. The lowest BCUT2D eigenvalue weighted by Gasteiger charge is -2.15. The number of hydrogen-bond donors (Lipinski definition) is 1. The van der Waals surface area contributed by atoms with Gasteiger partial charge in [0.25, 0.3) is 11.5 Å². The van der Waals surface area contributed by atoms with Gasteiger partial charge in [-0.25, -0.2) is 4.39 Å². The maximum Gasteiger partial charge on any atom is 0.275 e. The van der Waals surface area contributed by atoms with E-state index in [9.17, 15) is 14.0 Å². The van der Waals surface area contributed by atoms with Crippen molar-refractivity contribution in [3.8, 4) is 11.4 Å². The molecule has 9 heteroatoms. The number of halogens is 1. The van der Waals surface area contributed by atoms with Crippen molar-refractivity contribution < 1.29 is 23.4 Å². The second kappa shape index (κ2) is 8.36. The fourth-order valence-corrected chi connectivity index (χ4v) is 2.04. The Morgan fingerprint density at radius 1 is 1.24 bits per heavy atom. The molecule has 0 aliphatic rings. The van der Waals surface area contributed by atoms with E-state index in [1.807, 2.05) is 0 Å². The molecule has 1 aromatic heterocycles. The lowest BCUT2D eigenvalue weighted by molar-refractivity contribution is -0.0974. The fraction of sp³-hybridized carbons (Fsp3) is 0.312. The zero-order chi connectivity index (χ0) is 18.4. The van der Waals surface area contributed by atoms with E-state index in [0.29, 0.717) is 5.69 Å². The third kappa shape index (κ3) is 4.40. The molecule has 1 N–H and O–H groups in total. The topological polar surface area (TPSA) is 91.7 Å². The van der Waals surface area contributed by atoms with Crippen LogP contribution in [0.2, 0.25) is 0 Å². The van der Waals surface area contributed by atoms with E-state index in [-0.39, 0.29) is 18.0 Å². The first kappa shape index (κ1) is 18.6. The number of methoxy groups -OCH3 is 3. The van der Waals surface area contributed by atoms with Crippen LogP contribution in [-0.4, -0.2) is 49.9 Å². The molecule has 0 fully saturated rings. The average Bonchev–Trinajstić information content (AvgIpc) is 2.63. The van der Waals surface area contributed by atoms with Crippen LogP contribution >= 0.6 is 0 Å². The smallest absolute Gasteiger partial charge is 0.275 e. The first-order valence-corrected chi connectivity index (χ1v) is 7.28. The van der Waals surface area contributed by atoms with E-state index in [4.69, 9.17) is 14.2 Å². The zero-order valence-electron chi connectivity index (χ0n) is 14.0. The van der Waals surface area contributed by atoms with Crippen molar-refractivity contribution in [2.24, 2.45) is 0 Å². The molecule has 0 saturated carbocycles. The molecule has 0 atom stereocenters. The Morgan fingerprint density at radius 2 is 1.88 bits per heavy atom. The summed E-state index contributed by atoms with van der Waals surface area (Å²) in [6.45, 7) is 0.0757. The summed E-state index contributed by atoms with van der Waals surface area (Å²) in [6, 6.07) is 6.27. The molecule has 0 radical (unpaired) electrons. The summed E-state index contributed by atoms with van der Waals surface area (Å²) in [5.41, 5.74) is -0.307. The molecule has 1 heterocycles. The molecule has 0 aliphatic heterocycles. The highest BCUT2D eigenvalue weighted by Crippen LogP contribution is 2.14. The monoisotopic (exact) mass is 351 g/mol. The van der Waals surface area contributed by atoms with Gasteiger partial charge in [-0.15, -0.1) is 0 Å². The van der Waals surface area contributed by atoms with Gasteiger partial charge >= 0.3 is 0 Å². The SMILES string of the molecule is COc1cc(=O)n(-c2ccc(F)cc2)nc1C(=O)NCC(OC)OC. The largest absolute Gasteiger partial charge is 0.494 e. The van der Waals surface area contributed by atoms with E-state index in [1.165, 1.54) is 45.6 Å². The number of nitrogens with one attached hydrogen (secondary N) is 1. The highest BCUT2D eigenvalue weighted by atomic mass is 19.1. The van der Waals surface area contributed by atoms with E-state index < -0.39 is 23.6 Å². The van der Waals surface area contributed by atoms with Crippen LogP contribution in [0.25, 0.3) is 5.69 Å². The molecule has 2 rings (SSSR count). The van der Waals surface area contributed by atoms with Gasteiger partial charge in [0.05, 0.1) is 25.4 Å². The van der Waals surface area contributed by atoms with Crippen molar-refractivity contribution in [3.63, 3.8) is 0 Å². The van der Waals surface area contributed by atoms with Crippen LogP contribution in [0.15, 0.2) is 35.1 Å². The predicted molar refractivity (Wildman–Crippen MR) is 86.5 cm³/mol. The number of nitrogens with zero attached hydrogens (tertiary/aromatic N) is 2. The highest BCUT2D eigenvalue weighted by molar-refractivity contribution is 5.94. The van der Waals surface area contributed by atoms with Crippen LogP contribution < -0.4 is 15.6 Å². The van der Waals surface area contributed by atoms with Crippen LogP contribution in [-0.2, 0) is 9.47 Å². The summed E-state index contributed by atoms with van der Waals surface area (Å²) < 4.78 is 29.1. The molecule has 2 aromatic rings. The molecular formula is C16H18FN3O5. The molecule has 8 nitrogen and oxygen atoms in total. The molecule has 134 valence electrons. The van der Waals surface area contributed by atoms with Gasteiger partial charge < -0.3 is 19.5 Å². The van der Waals surface area contributed by atoms with Crippen molar-refractivity contribution in [2.75, 3.05) is 27.9 Å². The van der Waals surface area contributed by atoms with Crippen LogP contribution in [0.4, 0.5) is 4.39 Å². The summed E-state index contributed by atoms with van der Waals surface area (Å²) >= 11 is 0. The summed E-state index contributed by atoms with van der Waals surface area (Å²) in [5, 5.41) is 6.61. The van der Waals surface area contributed by atoms with Gasteiger partial charge in [0.2, 0.25) is 0 Å². The number of rotatable bonds is 7. The van der Waals surface area contributed by atoms with Crippen molar-refractivity contribution in [2.45, 2.75) is 6.29 Å². The minimum absolute atomic E-state index is 0.0206. The zero-order valence-corrected chi connectivity index (χ0v) is 14.0. The summed E-state index contributed by atoms with van der Waals surface area (Å²) in [5.74, 6) is -1.01. The lowest BCUT2D eigenvalue weighted by Crippen LogP contribution is -2.36. The number of carbonyl (C=O) groups excluding carboxylic acids is 1. The first-order valence-electron chi connectivity index (χ1n) is 7.28. The van der Waals surface area contributed by atoms with E-state index in [0.717, 1.165) is 10.7 Å². The molecule has 0 spiro atoms. The van der Waals surface area contributed by atoms with Gasteiger partial charge in [-0.3, -0.25) is 9.59 Å². The third-order valence-electron chi connectivity index (χ3n) is 3.36. The summed E-state index contributed by atoms with van der Waals surface area (Å²) in [6.07, 6.45) is -0.627. The van der Waals surface area contributed by atoms with E-state index in [2.05, 4.69) is 10.4 Å². The molecule has 1 aromatic carbocycles. The third-order valence-corrected chi connectivity index (χ3v) is 3.36. The number of hydrogen-bond acceptors (Lipinski definition) is 6. The standard InChI is InChI=1S/C16H18FN3O5/c1-23-12-8-13(21)20(11-6-4-10(17)5-7-11)19-15(12)16(22)18-9-14(24-2)25-3/h4-8,14H,9H2,1-3H3,(H,18,22). The Hall–Kier alpha value is -2.78. The van der Waals surface area contributed by atoms with Crippen molar-refractivity contribution >= 4 is 5.91 Å². The van der Waals surface area contributed by atoms with Crippen LogP contribution in [0, 0.1) is 5.82 Å². The maximum atomic E-state index is 13.1. The predicted octanol–water partition coefficient (Wildman–Crippen LogP) is 0.729. The van der Waals surface area contributed by atoms with Gasteiger partial charge in [-0.2, -0.15) is 9.78 Å². The highest BCUT2D eigenvalue weighted by Gasteiger charge is 2.19. The van der Waals surface area contributed by atoms with Gasteiger partial charge in [-0.05, 0) is 24.3 Å². The Labute approximate surface area is 143 Å². The van der Waals surface area contributed by atoms with Crippen LogP contribution in [0.1, 0.15) is 10.5 Å². The van der Waals surface area contributed by atoms with Gasteiger partial charge in [0.1, 0.15) is 5.82 Å². The number of benzene rings is 1. The maximum absolute atomic E-state index is 13.1. The van der Waals surface area contributed by atoms with Crippen LogP contribution in [0.5, 0.6) is 5.75 Å². The van der Waals surface area contributed by atoms with Gasteiger partial charge in [0.15, 0.2) is 17.7 Å². The molecule has 1 amide bonds. The molecular weight excluding hydrogens is 333 g/mol. The number of aromatic nitrogens is 2. The van der Waals surface area contributed by atoms with E-state index >= 15 is 0 Å². The van der Waals surface area contributed by atoms with Crippen molar-refractivity contribution in [1.82, 2.24) is 15.1 Å². The molecule has 0 bridgehead atoms. The lowest BCUT2D eigenvalue weighted by atomic mass is 10.3. The quantitative estimate of drug-likeness (QED) is 0.740. The second-order valence-electron chi connectivity index (χ2n) is 4.90. The fourth-order valence-electron chi connectivity index (χ4n) is 2.04. The molecule has 25 heavy (non-hydrogen) atoms. The Morgan fingerprint density at radius 3 is 2.44 bits per heavy atom. The van der Waals surface area contributed by atoms with Crippen molar-refractivity contribution in [3.05, 3.63) is 52.2 Å². The van der Waals surface area contributed by atoms with Crippen molar-refractivity contribution in [1.29, 1.82) is 0 Å². The normalized spacial score (nSPS) is 10.8. The number of ether oxygens (including phenoxy) is 3. The first-order chi connectivity index (χ1) is 12.0. The van der Waals surface area contributed by atoms with Gasteiger partial charge in [-0.1, -0.05) is 0 Å².